The number of nitrogens with one attached hydrogen (secondary N) is 1. The number of hydrogen-bond donors (Lipinski definition) is 1. The summed E-state index contributed by atoms with van der Waals surface area (Å²) in [6.45, 7) is 3.90. The molecule has 1 aliphatic rings. The molecule has 0 fully saturated rings. The van der Waals surface area contributed by atoms with E-state index in [1.807, 2.05) is 44.2 Å². The molecule has 3 aromatic carbocycles. The van der Waals surface area contributed by atoms with Crippen LogP contribution in [-0.4, -0.2) is 40.1 Å². The third kappa shape index (κ3) is 5.12. The number of carbonyl (C=O) groups is 1. The lowest BCUT2D eigenvalue weighted by Gasteiger charge is -2.28. The number of nitrogens with zero attached hydrogens (tertiary/aromatic N) is 1. The van der Waals surface area contributed by atoms with E-state index < -0.39 is 15.9 Å². The lowest BCUT2D eigenvalue weighted by Crippen LogP contribution is -2.45. The fourth-order valence-corrected chi connectivity index (χ4v) is 5.19. The second kappa shape index (κ2) is 9.54. The molecule has 7 nitrogen and oxygen atoms in total. The van der Waals surface area contributed by atoms with Gasteiger partial charge in [0.25, 0.3) is 10.0 Å². The number of sulfonamides is 1. The van der Waals surface area contributed by atoms with Crippen molar-refractivity contribution in [2.45, 2.75) is 24.8 Å². The van der Waals surface area contributed by atoms with Gasteiger partial charge in [-0.05, 0) is 49.7 Å². The Kier molecular flexibility index (Phi) is 6.55. The van der Waals surface area contributed by atoms with Crippen molar-refractivity contribution < 1.29 is 22.7 Å². The highest BCUT2D eigenvalue weighted by atomic mass is 32.2. The van der Waals surface area contributed by atoms with Crippen molar-refractivity contribution >= 4 is 21.6 Å². The Morgan fingerprint density at radius 1 is 1.00 bits per heavy atom. The predicted octanol–water partition coefficient (Wildman–Crippen LogP) is 3.45. The van der Waals surface area contributed by atoms with Gasteiger partial charge in [-0.2, -0.15) is 0 Å². The molecule has 172 valence electrons. The summed E-state index contributed by atoms with van der Waals surface area (Å²) < 4.78 is 39.6. The minimum atomic E-state index is -3.95. The van der Waals surface area contributed by atoms with E-state index in [4.69, 9.17) is 9.47 Å². The highest BCUT2D eigenvalue weighted by Gasteiger charge is 2.29. The van der Waals surface area contributed by atoms with E-state index in [9.17, 15) is 13.2 Å². The smallest absolute Gasteiger partial charge is 0.264 e. The number of aryl methyl sites for hydroxylation is 2. The van der Waals surface area contributed by atoms with Gasteiger partial charge in [-0.3, -0.25) is 9.10 Å². The molecule has 0 unspecified atom stereocenters. The van der Waals surface area contributed by atoms with E-state index in [-0.39, 0.29) is 24.1 Å². The van der Waals surface area contributed by atoms with Crippen molar-refractivity contribution in [3.63, 3.8) is 0 Å². The van der Waals surface area contributed by atoms with E-state index in [0.29, 0.717) is 23.8 Å². The third-order valence-electron chi connectivity index (χ3n) is 5.33. The number of carbonyl (C=O) groups excluding carboxylic acids is 1. The maximum absolute atomic E-state index is 13.4. The minimum Gasteiger partial charge on any atom is -0.486 e. The fraction of sp³-hybridized carbons (Fsp3) is 0.240. The molecular weight excluding hydrogens is 440 g/mol. The van der Waals surface area contributed by atoms with Crippen LogP contribution in [-0.2, 0) is 14.8 Å². The van der Waals surface area contributed by atoms with Crippen molar-refractivity contribution in [3.05, 3.63) is 83.9 Å². The molecule has 4 rings (SSSR count). The molecule has 1 N–H and O–H groups in total. The zero-order chi connectivity index (χ0) is 23.4. The molecule has 3 aromatic rings. The van der Waals surface area contributed by atoms with E-state index in [0.717, 1.165) is 15.4 Å². The number of rotatable bonds is 7. The molecule has 0 radical (unpaired) electrons. The van der Waals surface area contributed by atoms with E-state index in [2.05, 4.69) is 5.32 Å². The Bertz CT molecular complexity index is 1240. The van der Waals surface area contributed by atoms with Crippen LogP contribution < -0.4 is 19.1 Å². The van der Waals surface area contributed by atoms with Crippen LogP contribution in [0.25, 0.3) is 0 Å². The monoisotopic (exact) mass is 466 g/mol. The molecule has 0 aromatic heterocycles. The molecule has 1 aliphatic heterocycles. The quantitative estimate of drug-likeness (QED) is 0.577. The first-order valence-electron chi connectivity index (χ1n) is 10.6. The van der Waals surface area contributed by atoms with E-state index >= 15 is 0 Å². The Labute approximate surface area is 194 Å². The second-order valence-corrected chi connectivity index (χ2v) is 9.78. The van der Waals surface area contributed by atoms with Crippen LogP contribution >= 0.6 is 0 Å². The first kappa shape index (κ1) is 22.7. The maximum atomic E-state index is 13.4. The van der Waals surface area contributed by atoms with Gasteiger partial charge in [0, 0.05) is 0 Å². The van der Waals surface area contributed by atoms with Crippen molar-refractivity contribution in [1.29, 1.82) is 0 Å². The van der Waals surface area contributed by atoms with Gasteiger partial charge in [0.2, 0.25) is 5.91 Å². The maximum Gasteiger partial charge on any atom is 0.264 e. The minimum absolute atomic E-state index is 0.124. The first-order valence-corrected chi connectivity index (χ1v) is 12.1. The molecule has 0 bridgehead atoms. The zero-order valence-corrected chi connectivity index (χ0v) is 19.3. The number of fused-ring (bicyclic) bond motifs is 1. The molecular formula is C25H26N2O5S. The summed E-state index contributed by atoms with van der Waals surface area (Å²) in [7, 11) is -3.95. The average molecular weight is 467 g/mol. The molecule has 0 saturated carbocycles. The summed E-state index contributed by atoms with van der Waals surface area (Å²) in [4.78, 5) is 13.0. The predicted molar refractivity (Wildman–Crippen MR) is 126 cm³/mol. The van der Waals surface area contributed by atoms with Gasteiger partial charge in [0.05, 0.1) is 17.1 Å². The van der Waals surface area contributed by atoms with Gasteiger partial charge in [0.1, 0.15) is 19.3 Å². The summed E-state index contributed by atoms with van der Waals surface area (Å²) in [5.41, 5.74) is 2.24. The summed E-state index contributed by atoms with van der Waals surface area (Å²) >= 11 is 0. The summed E-state index contributed by atoms with van der Waals surface area (Å²) in [5, 5.41) is 2.79. The lowest BCUT2D eigenvalue weighted by atomic mass is 10.1. The van der Waals surface area contributed by atoms with Crippen LogP contribution in [0.1, 0.15) is 11.1 Å². The Morgan fingerprint density at radius 2 is 1.70 bits per heavy atom. The van der Waals surface area contributed by atoms with Crippen LogP contribution in [0.2, 0.25) is 0 Å². The average Bonchev–Trinajstić information content (AvgIpc) is 2.82. The van der Waals surface area contributed by atoms with E-state index in [1.54, 1.807) is 30.3 Å². The van der Waals surface area contributed by atoms with Gasteiger partial charge < -0.3 is 14.8 Å². The van der Waals surface area contributed by atoms with Crippen molar-refractivity contribution in [2.24, 2.45) is 0 Å². The standard InChI is InChI=1S/C25H26N2O5S/c1-18-12-13-22(19(2)14-18)27(33(29,30)21-8-4-3-5-9-21)16-25(28)26-15-20-17-31-23-10-6-7-11-24(23)32-20/h3-14,20H,15-17H2,1-2H3,(H,26,28)/t20-/m1/s1. The highest BCUT2D eigenvalue weighted by Crippen LogP contribution is 2.31. The van der Waals surface area contributed by atoms with Gasteiger partial charge in [0.15, 0.2) is 11.5 Å². The molecule has 0 saturated heterocycles. The fourth-order valence-electron chi connectivity index (χ4n) is 3.68. The molecule has 33 heavy (non-hydrogen) atoms. The summed E-state index contributed by atoms with van der Waals surface area (Å²) in [6.07, 6.45) is -0.371. The number of para-hydroxylation sites is 2. The highest BCUT2D eigenvalue weighted by molar-refractivity contribution is 7.92. The van der Waals surface area contributed by atoms with Gasteiger partial charge in [-0.15, -0.1) is 0 Å². The van der Waals surface area contributed by atoms with Gasteiger partial charge in [-0.1, -0.05) is 48.0 Å². The van der Waals surface area contributed by atoms with Crippen molar-refractivity contribution in [3.8, 4) is 11.5 Å². The SMILES string of the molecule is Cc1ccc(N(CC(=O)NC[C@@H]2COc3ccccc3O2)S(=O)(=O)c2ccccc2)c(C)c1. The summed E-state index contributed by atoms with van der Waals surface area (Å²) in [6, 6.07) is 20.9. The Balaban J connectivity index is 1.51. The normalized spacial score (nSPS) is 15.0. The van der Waals surface area contributed by atoms with Crippen LogP contribution in [0.15, 0.2) is 77.7 Å². The number of benzene rings is 3. The number of ether oxygens (including phenoxy) is 2. The molecule has 1 atom stereocenters. The van der Waals surface area contributed by atoms with Crippen LogP contribution in [0.5, 0.6) is 11.5 Å². The van der Waals surface area contributed by atoms with Gasteiger partial charge in [-0.25, -0.2) is 8.42 Å². The molecule has 1 heterocycles. The zero-order valence-electron chi connectivity index (χ0n) is 18.5. The third-order valence-corrected chi connectivity index (χ3v) is 7.11. The van der Waals surface area contributed by atoms with Crippen LogP contribution in [0, 0.1) is 13.8 Å². The summed E-state index contributed by atoms with van der Waals surface area (Å²) in [5.74, 6) is 0.846. The Morgan fingerprint density at radius 3 is 2.42 bits per heavy atom. The largest absolute Gasteiger partial charge is 0.486 e. The van der Waals surface area contributed by atoms with Crippen molar-refractivity contribution in [2.75, 3.05) is 24.0 Å². The van der Waals surface area contributed by atoms with Crippen molar-refractivity contribution in [1.82, 2.24) is 5.32 Å². The van der Waals surface area contributed by atoms with Gasteiger partial charge >= 0.3 is 0 Å². The van der Waals surface area contributed by atoms with Crippen LogP contribution in [0.4, 0.5) is 5.69 Å². The molecule has 1 amide bonds. The Hall–Kier alpha value is -3.52. The number of hydrogen-bond acceptors (Lipinski definition) is 5. The molecule has 0 spiro atoms. The van der Waals surface area contributed by atoms with E-state index in [1.165, 1.54) is 12.1 Å². The lowest BCUT2D eigenvalue weighted by molar-refractivity contribution is -0.120. The molecule has 0 aliphatic carbocycles. The van der Waals surface area contributed by atoms with Crippen LogP contribution in [0.3, 0.4) is 0 Å². The number of anilines is 1. The second-order valence-electron chi connectivity index (χ2n) is 7.92. The topological polar surface area (TPSA) is 84.9 Å². The molecule has 8 heteroatoms. The number of amides is 1. The first-order chi connectivity index (χ1) is 15.8.